The summed E-state index contributed by atoms with van der Waals surface area (Å²) in [5.41, 5.74) is 1.44. The highest BCUT2D eigenvalue weighted by atomic mass is 32.2. The predicted octanol–water partition coefficient (Wildman–Crippen LogP) is 3.22. The zero-order valence-electron chi connectivity index (χ0n) is 16.3. The van der Waals surface area contributed by atoms with E-state index in [0.29, 0.717) is 0 Å². The van der Waals surface area contributed by atoms with Crippen LogP contribution < -0.4 is 0 Å². The molecule has 2 aliphatic rings. The third-order valence-electron chi connectivity index (χ3n) is 4.96. The molecule has 29 heavy (non-hydrogen) atoms. The van der Waals surface area contributed by atoms with Gasteiger partial charge in [-0.25, -0.2) is 0 Å². The van der Waals surface area contributed by atoms with Crippen LogP contribution in [0.1, 0.15) is 24.3 Å². The van der Waals surface area contributed by atoms with Gasteiger partial charge in [0.05, 0.1) is 6.61 Å². The topological polar surface area (TPSA) is 74.2 Å². The van der Waals surface area contributed by atoms with Crippen LogP contribution in [0.4, 0.5) is 0 Å². The Balaban J connectivity index is 1.53. The number of hydrogen-bond donors (Lipinski definition) is 1. The molecule has 0 bridgehead atoms. The van der Waals surface area contributed by atoms with Crippen LogP contribution >= 0.6 is 11.8 Å². The third kappa shape index (κ3) is 4.65. The Morgan fingerprint density at radius 3 is 2.52 bits per heavy atom. The molecule has 2 aromatic rings. The van der Waals surface area contributed by atoms with Crippen molar-refractivity contribution in [3.8, 4) is 0 Å². The zero-order valence-corrected chi connectivity index (χ0v) is 17.1. The van der Waals surface area contributed by atoms with Crippen LogP contribution in [-0.2, 0) is 23.7 Å². The van der Waals surface area contributed by atoms with Crippen molar-refractivity contribution in [2.24, 2.45) is 0 Å². The number of rotatable bonds is 4. The van der Waals surface area contributed by atoms with Crippen molar-refractivity contribution in [1.29, 1.82) is 0 Å². The van der Waals surface area contributed by atoms with Crippen LogP contribution in [0.25, 0.3) is 0 Å². The van der Waals surface area contributed by atoms with Gasteiger partial charge in [0.1, 0.15) is 23.7 Å². The van der Waals surface area contributed by atoms with E-state index in [-0.39, 0.29) is 6.61 Å². The van der Waals surface area contributed by atoms with E-state index in [0.717, 1.165) is 16.0 Å². The number of hydrogen-bond acceptors (Lipinski definition) is 7. The molecule has 154 valence electrons. The number of esters is 1. The number of fused-ring (bicyclic) bond motifs is 1. The highest BCUT2D eigenvalue weighted by Gasteiger charge is 2.51. The second kappa shape index (κ2) is 8.85. The lowest BCUT2D eigenvalue weighted by Gasteiger charge is -2.47. The summed E-state index contributed by atoms with van der Waals surface area (Å²) in [7, 11) is 0. The maximum Gasteiger partial charge on any atom is 0.303 e. The summed E-state index contributed by atoms with van der Waals surface area (Å²) in [6, 6.07) is 17.5. The zero-order chi connectivity index (χ0) is 20.4. The fourth-order valence-corrected chi connectivity index (χ4v) is 4.62. The molecule has 1 N–H and O–H groups in total. The number of carbonyl (C=O) groups excluding carboxylic acids is 1. The molecule has 0 radical (unpaired) electrons. The Hall–Kier alpha value is -1.90. The smallest absolute Gasteiger partial charge is 0.303 e. The van der Waals surface area contributed by atoms with E-state index in [1.807, 2.05) is 61.5 Å². The van der Waals surface area contributed by atoms with Gasteiger partial charge in [-0.15, -0.1) is 0 Å². The molecule has 0 amide bonds. The average molecular weight is 416 g/mol. The van der Waals surface area contributed by atoms with E-state index in [9.17, 15) is 9.90 Å². The minimum atomic E-state index is -1.03. The van der Waals surface area contributed by atoms with Gasteiger partial charge < -0.3 is 24.1 Å². The van der Waals surface area contributed by atoms with Crippen LogP contribution in [0.3, 0.4) is 0 Å². The van der Waals surface area contributed by atoms with Gasteiger partial charge >= 0.3 is 5.97 Å². The number of thioether (sulfide) groups is 1. The third-order valence-corrected chi connectivity index (χ3v) is 6.11. The van der Waals surface area contributed by atoms with Crippen molar-refractivity contribution < 1.29 is 28.8 Å². The number of aryl methyl sites for hydroxylation is 1. The molecule has 6 nitrogen and oxygen atoms in total. The van der Waals surface area contributed by atoms with Crippen LogP contribution in [0.2, 0.25) is 0 Å². The minimum absolute atomic E-state index is 0.277. The van der Waals surface area contributed by atoms with Gasteiger partial charge in [-0.05, 0) is 19.1 Å². The Morgan fingerprint density at radius 1 is 1.10 bits per heavy atom. The van der Waals surface area contributed by atoms with Crippen molar-refractivity contribution in [2.75, 3.05) is 6.61 Å². The molecule has 2 heterocycles. The largest absolute Gasteiger partial charge is 0.456 e. The summed E-state index contributed by atoms with van der Waals surface area (Å²) in [4.78, 5) is 12.6. The van der Waals surface area contributed by atoms with Crippen molar-refractivity contribution in [1.82, 2.24) is 0 Å². The molecule has 2 aromatic carbocycles. The van der Waals surface area contributed by atoms with E-state index in [4.69, 9.17) is 18.9 Å². The van der Waals surface area contributed by atoms with E-state index in [1.165, 1.54) is 18.7 Å². The average Bonchev–Trinajstić information content (AvgIpc) is 2.73. The van der Waals surface area contributed by atoms with Gasteiger partial charge in [0.25, 0.3) is 0 Å². The highest BCUT2D eigenvalue weighted by Crippen LogP contribution is 2.40. The Morgan fingerprint density at radius 2 is 1.83 bits per heavy atom. The molecular weight excluding hydrogens is 392 g/mol. The van der Waals surface area contributed by atoms with Gasteiger partial charge in [0.2, 0.25) is 0 Å². The Kier molecular flexibility index (Phi) is 6.22. The Labute approximate surface area is 174 Å². The van der Waals surface area contributed by atoms with Gasteiger partial charge in [-0.3, -0.25) is 4.79 Å². The summed E-state index contributed by atoms with van der Waals surface area (Å²) < 4.78 is 23.5. The van der Waals surface area contributed by atoms with Gasteiger partial charge in [0.15, 0.2) is 12.4 Å². The molecule has 4 rings (SSSR count). The quantitative estimate of drug-likeness (QED) is 0.767. The molecule has 6 atom stereocenters. The van der Waals surface area contributed by atoms with Crippen LogP contribution in [0, 0.1) is 6.92 Å². The molecular formula is C22H24O6S. The second-order valence-electron chi connectivity index (χ2n) is 7.22. The lowest BCUT2D eigenvalue weighted by molar-refractivity contribution is -0.319. The van der Waals surface area contributed by atoms with Crippen molar-refractivity contribution in [3.63, 3.8) is 0 Å². The van der Waals surface area contributed by atoms with Crippen LogP contribution in [0.15, 0.2) is 59.5 Å². The molecule has 7 heteroatoms. The number of carbonyl (C=O) groups is 1. The highest BCUT2D eigenvalue weighted by molar-refractivity contribution is 7.99. The number of aliphatic hydroxyl groups excluding tert-OH is 1. The number of benzene rings is 2. The Bertz CT molecular complexity index is 827. The van der Waals surface area contributed by atoms with Crippen molar-refractivity contribution in [3.05, 3.63) is 65.7 Å². The molecule has 0 unspecified atom stereocenters. The molecule has 0 spiro atoms. The minimum Gasteiger partial charge on any atom is -0.456 e. The molecule has 0 aromatic heterocycles. The predicted molar refractivity (Wildman–Crippen MR) is 107 cm³/mol. The van der Waals surface area contributed by atoms with E-state index in [2.05, 4.69) is 0 Å². The summed E-state index contributed by atoms with van der Waals surface area (Å²) in [5, 5.41) is 11.0. The fourth-order valence-electron chi connectivity index (χ4n) is 3.51. The second-order valence-corrected chi connectivity index (χ2v) is 8.39. The van der Waals surface area contributed by atoms with Gasteiger partial charge in [-0.1, -0.05) is 59.8 Å². The first kappa shape index (κ1) is 20.4. The fraction of sp³-hybridized carbons (Fsp3) is 0.409. The first-order valence-electron chi connectivity index (χ1n) is 9.57. The normalized spacial score (nSPS) is 31.7. The molecule has 2 fully saturated rings. The van der Waals surface area contributed by atoms with E-state index in [1.54, 1.807) is 0 Å². The number of ether oxygens (including phenoxy) is 4. The lowest BCUT2D eigenvalue weighted by Crippen LogP contribution is -2.61. The summed E-state index contributed by atoms with van der Waals surface area (Å²) in [6.07, 6.45) is -3.60. The standard InChI is InChI=1S/C22H24O6S/c1-13-8-10-16(11-9-13)29-22-20(26-14(2)23)18(24)19-17(27-22)12-25-21(28-19)15-6-4-3-5-7-15/h3-11,17-22,24H,12H2,1-2H3/t17-,18+,19-,20+,21-,22-/m1/s1. The van der Waals surface area contributed by atoms with E-state index < -0.39 is 42.1 Å². The first-order valence-corrected chi connectivity index (χ1v) is 10.5. The molecule has 2 aliphatic heterocycles. The van der Waals surface area contributed by atoms with Crippen molar-refractivity contribution >= 4 is 17.7 Å². The van der Waals surface area contributed by atoms with Gasteiger partial charge in [0, 0.05) is 17.4 Å². The number of aliphatic hydroxyl groups is 1. The van der Waals surface area contributed by atoms with Gasteiger partial charge in [-0.2, -0.15) is 0 Å². The summed E-state index contributed by atoms with van der Waals surface area (Å²) in [6.45, 7) is 3.62. The molecule has 0 saturated carbocycles. The lowest BCUT2D eigenvalue weighted by atomic mass is 9.98. The van der Waals surface area contributed by atoms with Crippen molar-refractivity contribution in [2.45, 2.75) is 54.9 Å². The first-order chi connectivity index (χ1) is 14.0. The maximum absolute atomic E-state index is 11.7. The SMILES string of the molecule is CC(=O)O[C@H]1[C@@H](O)[C@@H]2O[C@H](c3ccccc3)OC[C@H]2O[C@@H]1Sc1ccc(C)cc1. The van der Waals surface area contributed by atoms with Crippen LogP contribution in [0.5, 0.6) is 0 Å². The van der Waals surface area contributed by atoms with Crippen LogP contribution in [-0.4, -0.2) is 47.5 Å². The van der Waals surface area contributed by atoms with E-state index >= 15 is 0 Å². The maximum atomic E-state index is 11.7. The molecule has 0 aliphatic carbocycles. The summed E-state index contributed by atoms with van der Waals surface area (Å²) in [5.74, 6) is -0.475. The monoisotopic (exact) mass is 416 g/mol. The molecule has 2 saturated heterocycles. The summed E-state index contributed by atoms with van der Waals surface area (Å²) >= 11 is 1.41.